The van der Waals surface area contributed by atoms with Crippen molar-refractivity contribution in [3.8, 4) is 22.5 Å². The standard InChI is InChI=1S/C16H18N8O2S/c1-24(14-7-8-18-14)13-6-5-10(9-19-13)11-3-2-4-12(27(17,25)26)15(11)16-20-22-23-21-16/h2-6,9,14,18H,7-8H2,1H3,(H2,17,25,26)(H,20,21,22,23). The number of nitrogens with one attached hydrogen (secondary N) is 2. The van der Waals surface area contributed by atoms with Crippen molar-refractivity contribution in [1.29, 1.82) is 0 Å². The number of tetrazole rings is 1. The van der Waals surface area contributed by atoms with Gasteiger partial charge in [-0.25, -0.2) is 18.5 Å². The highest BCUT2D eigenvalue weighted by atomic mass is 32.2. The predicted molar refractivity (Wildman–Crippen MR) is 99.0 cm³/mol. The zero-order chi connectivity index (χ0) is 19.0. The Balaban J connectivity index is 1.80. The van der Waals surface area contributed by atoms with Gasteiger partial charge in [-0.15, -0.1) is 10.2 Å². The van der Waals surface area contributed by atoms with Crippen LogP contribution in [0.25, 0.3) is 22.5 Å². The molecule has 27 heavy (non-hydrogen) atoms. The first kappa shape index (κ1) is 17.5. The lowest BCUT2D eigenvalue weighted by molar-refractivity contribution is 0.365. The normalized spacial score (nSPS) is 16.7. The molecule has 1 aliphatic rings. The molecule has 3 heterocycles. The van der Waals surface area contributed by atoms with Gasteiger partial charge >= 0.3 is 0 Å². The van der Waals surface area contributed by atoms with E-state index in [1.807, 2.05) is 19.2 Å². The van der Waals surface area contributed by atoms with E-state index < -0.39 is 10.0 Å². The van der Waals surface area contributed by atoms with Crippen LogP contribution in [0.1, 0.15) is 6.42 Å². The summed E-state index contributed by atoms with van der Waals surface area (Å²) in [5.74, 6) is 0.967. The first-order valence-electron chi connectivity index (χ1n) is 8.27. The zero-order valence-electron chi connectivity index (χ0n) is 14.5. The number of H-pyrrole nitrogens is 1. The van der Waals surface area contributed by atoms with Gasteiger partial charge in [-0.2, -0.15) is 5.21 Å². The van der Waals surface area contributed by atoms with E-state index in [9.17, 15) is 8.42 Å². The van der Waals surface area contributed by atoms with Crippen LogP contribution in [0.2, 0.25) is 0 Å². The summed E-state index contributed by atoms with van der Waals surface area (Å²) in [6, 6.07) is 8.58. The summed E-state index contributed by atoms with van der Waals surface area (Å²) in [4.78, 5) is 6.51. The fourth-order valence-corrected chi connectivity index (χ4v) is 3.78. The molecule has 1 atom stereocenters. The number of hydrogen-bond donors (Lipinski definition) is 3. The molecule has 3 aromatic rings. The monoisotopic (exact) mass is 386 g/mol. The topological polar surface area (TPSA) is 143 Å². The van der Waals surface area contributed by atoms with Crippen LogP contribution in [0.15, 0.2) is 41.4 Å². The quantitative estimate of drug-likeness (QED) is 0.569. The number of benzene rings is 1. The number of primary sulfonamides is 1. The maximum Gasteiger partial charge on any atom is 0.238 e. The lowest BCUT2D eigenvalue weighted by Crippen LogP contribution is -2.53. The van der Waals surface area contributed by atoms with Crippen LogP contribution in [-0.2, 0) is 10.0 Å². The fourth-order valence-electron chi connectivity index (χ4n) is 3.02. The van der Waals surface area contributed by atoms with Gasteiger partial charge in [0.05, 0.1) is 16.6 Å². The van der Waals surface area contributed by atoms with Crippen molar-refractivity contribution in [3.05, 3.63) is 36.5 Å². The van der Waals surface area contributed by atoms with Crippen LogP contribution in [0.5, 0.6) is 0 Å². The maximum atomic E-state index is 12.1. The summed E-state index contributed by atoms with van der Waals surface area (Å²) in [6.07, 6.45) is 3.04. The molecule has 1 saturated heterocycles. The largest absolute Gasteiger partial charge is 0.344 e. The zero-order valence-corrected chi connectivity index (χ0v) is 15.3. The second kappa shape index (κ2) is 6.68. The number of sulfonamides is 1. The van der Waals surface area contributed by atoms with Crippen LogP contribution in [0.3, 0.4) is 0 Å². The smallest absolute Gasteiger partial charge is 0.238 e. The molecule has 4 N–H and O–H groups in total. The molecule has 1 fully saturated rings. The predicted octanol–water partition coefficient (Wildman–Crippen LogP) is 0.332. The minimum Gasteiger partial charge on any atom is -0.344 e. The molecule has 1 unspecified atom stereocenters. The molecule has 4 rings (SSSR count). The third-order valence-corrected chi connectivity index (χ3v) is 5.54. The van der Waals surface area contributed by atoms with Crippen LogP contribution in [0, 0.1) is 0 Å². The van der Waals surface area contributed by atoms with Crippen LogP contribution in [-0.4, -0.2) is 53.8 Å². The average Bonchev–Trinajstić information content (AvgIpc) is 3.13. The van der Waals surface area contributed by atoms with Crippen LogP contribution < -0.4 is 15.4 Å². The van der Waals surface area contributed by atoms with E-state index >= 15 is 0 Å². The van der Waals surface area contributed by atoms with Gasteiger partial charge in [0.2, 0.25) is 15.8 Å². The summed E-state index contributed by atoms with van der Waals surface area (Å²) >= 11 is 0. The molecule has 0 spiro atoms. The number of anilines is 1. The fraction of sp³-hybridized carbons (Fsp3) is 0.250. The molecule has 0 bridgehead atoms. The number of hydrogen-bond acceptors (Lipinski definition) is 8. The third-order valence-electron chi connectivity index (χ3n) is 4.59. The SMILES string of the molecule is CN(c1ccc(-c2cccc(S(N)(=O)=O)c2-c2nn[nH]n2)cn1)C1CCN1. The summed E-state index contributed by atoms with van der Waals surface area (Å²) in [5, 5.41) is 22.4. The summed E-state index contributed by atoms with van der Waals surface area (Å²) < 4.78 is 24.1. The minimum atomic E-state index is -3.98. The Kier molecular flexibility index (Phi) is 4.34. The van der Waals surface area contributed by atoms with Crippen molar-refractivity contribution in [2.75, 3.05) is 18.5 Å². The molecule has 1 aliphatic heterocycles. The van der Waals surface area contributed by atoms with E-state index in [1.54, 1.807) is 18.3 Å². The molecule has 0 amide bonds. The molecule has 11 heteroatoms. The Labute approximate surface area is 155 Å². The first-order chi connectivity index (χ1) is 12.9. The van der Waals surface area contributed by atoms with E-state index in [2.05, 4.69) is 35.8 Å². The highest BCUT2D eigenvalue weighted by Crippen LogP contribution is 2.35. The van der Waals surface area contributed by atoms with Gasteiger partial charge in [0.15, 0.2) is 0 Å². The second-order valence-electron chi connectivity index (χ2n) is 6.23. The lowest BCUT2D eigenvalue weighted by atomic mass is 10.0. The summed E-state index contributed by atoms with van der Waals surface area (Å²) in [7, 11) is -2.00. The molecule has 0 radical (unpaired) electrons. The Morgan fingerprint density at radius 2 is 2.07 bits per heavy atom. The average molecular weight is 386 g/mol. The van der Waals surface area contributed by atoms with Gasteiger partial charge in [0.1, 0.15) is 5.82 Å². The van der Waals surface area contributed by atoms with Gasteiger partial charge in [0.25, 0.3) is 0 Å². The van der Waals surface area contributed by atoms with E-state index in [0.717, 1.165) is 24.3 Å². The second-order valence-corrected chi connectivity index (χ2v) is 7.76. The first-order valence-corrected chi connectivity index (χ1v) is 9.82. The van der Waals surface area contributed by atoms with Gasteiger partial charge in [0, 0.05) is 25.4 Å². The molecule has 0 aliphatic carbocycles. The Morgan fingerprint density at radius 3 is 2.63 bits per heavy atom. The van der Waals surface area contributed by atoms with Gasteiger partial charge in [-0.1, -0.05) is 12.1 Å². The molecule has 1 aromatic carbocycles. The lowest BCUT2D eigenvalue weighted by Gasteiger charge is -2.36. The number of aromatic nitrogens is 5. The maximum absolute atomic E-state index is 12.1. The van der Waals surface area contributed by atoms with Crippen molar-refractivity contribution in [1.82, 2.24) is 30.9 Å². The Bertz CT molecular complexity index is 1050. The third kappa shape index (κ3) is 3.27. The molecule has 140 valence electrons. The van der Waals surface area contributed by atoms with Gasteiger partial charge in [-0.05, 0) is 35.4 Å². The Hall–Kier alpha value is -2.89. The highest BCUT2D eigenvalue weighted by molar-refractivity contribution is 7.89. The van der Waals surface area contributed by atoms with E-state index in [0.29, 0.717) is 5.56 Å². The summed E-state index contributed by atoms with van der Waals surface area (Å²) in [6.45, 7) is 1.00. The molecular formula is C16H18N8O2S. The van der Waals surface area contributed by atoms with E-state index in [1.165, 1.54) is 6.07 Å². The Morgan fingerprint density at radius 1 is 1.26 bits per heavy atom. The van der Waals surface area contributed by atoms with Crippen molar-refractivity contribution >= 4 is 15.8 Å². The molecule has 0 saturated carbocycles. The molecule has 2 aromatic heterocycles. The number of rotatable bonds is 5. The number of nitrogens with two attached hydrogens (primary N) is 1. The van der Waals surface area contributed by atoms with Crippen LogP contribution >= 0.6 is 0 Å². The number of aromatic amines is 1. The van der Waals surface area contributed by atoms with Crippen molar-refractivity contribution < 1.29 is 8.42 Å². The molecule has 10 nitrogen and oxygen atoms in total. The minimum absolute atomic E-state index is 0.0683. The highest BCUT2D eigenvalue weighted by Gasteiger charge is 2.24. The van der Waals surface area contributed by atoms with Crippen LogP contribution in [0.4, 0.5) is 5.82 Å². The van der Waals surface area contributed by atoms with E-state index in [4.69, 9.17) is 5.14 Å². The summed E-state index contributed by atoms with van der Waals surface area (Å²) in [5.41, 5.74) is 1.61. The van der Waals surface area contributed by atoms with Gasteiger partial charge in [-0.3, -0.25) is 5.32 Å². The van der Waals surface area contributed by atoms with Crippen molar-refractivity contribution in [3.63, 3.8) is 0 Å². The number of nitrogens with zero attached hydrogens (tertiary/aromatic N) is 5. The van der Waals surface area contributed by atoms with Crippen molar-refractivity contribution in [2.45, 2.75) is 17.5 Å². The van der Waals surface area contributed by atoms with Crippen molar-refractivity contribution in [2.24, 2.45) is 5.14 Å². The molecular weight excluding hydrogens is 368 g/mol. The number of pyridine rings is 1. The van der Waals surface area contributed by atoms with E-state index in [-0.39, 0.29) is 22.4 Å². The van der Waals surface area contributed by atoms with Gasteiger partial charge < -0.3 is 4.90 Å².